The maximum Gasteiger partial charge on any atom is 0.243 e. The summed E-state index contributed by atoms with van der Waals surface area (Å²) in [5.74, 6) is 0. The van der Waals surface area contributed by atoms with Gasteiger partial charge in [-0.3, -0.25) is 0 Å². The van der Waals surface area contributed by atoms with Crippen LogP contribution in [0.4, 0.5) is 0 Å². The molecule has 5 nitrogen and oxygen atoms in total. The van der Waals surface area contributed by atoms with Crippen molar-refractivity contribution in [1.82, 2.24) is 4.57 Å². The summed E-state index contributed by atoms with van der Waals surface area (Å²) in [6.45, 7) is 3.18. The molecule has 0 saturated heterocycles. The number of hydrogen-bond acceptors (Lipinski definition) is 3. The highest BCUT2D eigenvalue weighted by molar-refractivity contribution is 7.85. The fourth-order valence-corrected chi connectivity index (χ4v) is 1.77. The summed E-state index contributed by atoms with van der Waals surface area (Å²) in [6, 6.07) is 7.19. The standard InChI is InChI=1S/C6H11N2.C6H6O3S/c1-3-8-5-4-7(2)6-8;7-10(8,9)6-4-2-1-3-5-6/h4-6H,3H2,1-2H3;1-5H,(H,7,8,9)/q+1;/p-1. The Morgan fingerprint density at radius 1 is 1.28 bits per heavy atom. The second-order valence-corrected chi connectivity index (χ2v) is 5.06. The van der Waals surface area contributed by atoms with Gasteiger partial charge in [-0.1, -0.05) is 18.2 Å². The molecular formula is C12H16N2O3S. The third-order valence-electron chi connectivity index (χ3n) is 2.22. The van der Waals surface area contributed by atoms with Crippen molar-refractivity contribution in [3.05, 3.63) is 49.1 Å². The number of benzene rings is 1. The number of nitrogens with zero attached hydrogens (tertiary/aromatic N) is 2. The van der Waals surface area contributed by atoms with Crippen LogP contribution in [0.25, 0.3) is 0 Å². The minimum atomic E-state index is -4.25. The molecule has 0 unspecified atom stereocenters. The maximum atomic E-state index is 10.3. The van der Waals surface area contributed by atoms with E-state index < -0.39 is 10.1 Å². The molecule has 1 aromatic heterocycles. The number of rotatable bonds is 2. The van der Waals surface area contributed by atoms with Crippen LogP contribution >= 0.6 is 0 Å². The van der Waals surface area contributed by atoms with Gasteiger partial charge in [0.1, 0.15) is 22.5 Å². The Morgan fingerprint density at radius 3 is 2.17 bits per heavy atom. The van der Waals surface area contributed by atoms with E-state index in [0.717, 1.165) is 6.54 Å². The largest absolute Gasteiger partial charge is 0.744 e. The Bertz CT molecular complexity index is 576. The van der Waals surface area contributed by atoms with Gasteiger partial charge in [0.25, 0.3) is 0 Å². The number of hydrogen-bond donors (Lipinski definition) is 0. The van der Waals surface area contributed by atoms with Gasteiger partial charge in [-0.15, -0.1) is 0 Å². The monoisotopic (exact) mass is 268 g/mol. The van der Waals surface area contributed by atoms with Gasteiger partial charge in [0.05, 0.1) is 18.5 Å². The Hall–Kier alpha value is -1.66. The van der Waals surface area contributed by atoms with Crippen molar-refractivity contribution < 1.29 is 17.5 Å². The summed E-state index contributed by atoms with van der Waals surface area (Å²) < 4.78 is 35.0. The zero-order chi connectivity index (χ0) is 13.6. The lowest BCUT2D eigenvalue weighted by molar-refractivity contribution is -0.671. The van der Waals surface area contributed by atoms with Gasteiger partial charge < -0.3 is 4.55 Å². The Balaban J connectivity index is 0.000000184. The highest BCUT2D eigenvalue weighted by Crippen LogP contribution is 2.04. The molecular weight excluding hydrogens is 252 g/mol. The topological polar surface area (TPSA) is 66.0 Å². The van der Waals surface area contributed by atoms with Crippen molar-refractivity contribution in [2.45, 2.75) is 18.4 Å². The lowest BCUT2D eigenvalue weighted by Gasteiger charge is -2.04. The summed E-state index contributed by atoms with van der Waals surface area (Å²) in [5, 5.41) is 0. The molecule has 0 atom stereocenters. The number of aromatic nitrogens is 2. The highest BCUT2D eigenvalue weighted by Gasteiger charge is 1.95. The van der Waals surface area contributed by atoms with Crippen molar-refractivity contribution in [1.29, 1.82) is 0 Å². The lowest BCUT2D eigenvalue weighted by atomic mass is 10.4. The normalized spacial score (nSPS) is 10.6. The van der Waals surface area contributed by atoms with Crippen molar-refractivity contribution >= 4 is 10.1 Å². The molecule has 2 aromatic rings. The Kier molecular flexibility index (Phi) is 5.06. The van der Waals surface area contributed by atoms with Gasteiger partial charge >= 0.3 is 0 Å². The third-order valence-corrected chi connectivity index (χ3v) is 3.07. The van der Waals surface area contributed by atoms with Crippen LogP contribution in [0.1, 0.15) is 6.92 Å². The average Bonchev–Trinajstić information content (AvgIpc) is 2.76. The van der Waals surface area contributed by atoms with Gasteiger partial charge in [0.15, 0.2) is 0 Å². The van der Waals surface area contributed by atoms with Crippen molar-refractivity contribution in [3.8, 4) is 0 Å². The Morgan fingerprint density at radius 2 is 1.89 bits per heavy atom. The third kappa shape index (κ3) is 4.68. The van der Waals surface area contributed by atoms with Crippen LogP contribution in [0.5, 0.6) is 0 Å². The fourth-order valence-electron chi connectivity index (χ4n) is 1.28. The van der Waals surface area contributed by atoms with Crippen LogP contribution < -0.4 is 4.57 Å². The van der Waals surface area contributed by atoms with E-state index in [1.165, 1.54) is 24.3 Å². The predicted octanol–water partition coefficient (Wildman–Crippen LogP) is 0.923. The van der Waals surface area contributed by atoms with Crippen LogP contribution in [0.3, 0.4) is 0 Å². The molecule has 6 heteroatoms. The number of imidazole rings is 1. The molecule has 1 heterocycles. The summed E-state index contributed by atoms with van der Waals surface area (Å²) in [6.07, 6.45) is 6.14. The molecule has 0 spiro atoms. The average molecular weight is 268 g/mol. The molecule has 0 fully saturated rings. The van der Waals surface area contributed by atoms with E-state index in [-0.39, 0.29) is 4.90 Å². The molecule has 2 rings (SSSR count). The highest BCUT2D eigenvalue weighted by atomic mass is 32.2. The molecule has 0 bridgehead atoms. The van der Waals surface area contributed by atoms with E-state index in [2.05, 4.69) is 24.0 Å². The number of aryl methyl sites for hydroxylation is 2. The molecule has 0 aliphatic heterocycles. The summed E-state index contributed by atoms with van der Waals surface area (Å²) in [4.78, 5) is -0.185. The fraction of sp³-hybridized carbons (Fsp3) is 0.250. The molecule has 98 valence electrons. The van der Waals surface area contributed by atoms with Crippen LogP contribution in [0.2, 0.25) is 0 Å². The molecule has 1 aromatic carbocycles. The minimum Gasteiger partial charge on any atom is -0.744 e. The van der Waals surface area contributed by atoms with Crippen molar-refractivity contribution in [3.63, 3.8) is 0 Å². The van der Waals surface area contributed by atoms with Crippen LogP contribution in [0, 0.1) is 0 Å². The second-order valence-electron chi connectivity index (χ2n) is 3.68. The minimum absolute atomic E-state index is 0.185. The molecule has 0 N–H and O–H groups in total. The molecule has 0 aliphatic carbocycles. The Labute approximate surface area is 107 Å². The zero-order valence-corrected chi connectivity index (χ0v) is 11.2. The second kappa shape index (κ2) is 6.32. The first-order chi connectivity index (χ1) is 8.43. The van der Waals surface area contributed by atoms with E-state index in [1.54, 1.807) is 6.07 Å². The maximum absolute atomic E-state index is 10.3. The van der Waals surface area contributed by atoms with Crippen LogP contribution in [-0.2, 0) is 23.7 Å². The quantitative estimate of drug-likeness (QED) is 0.601. The molecule has 0 amide bonds. The van der Waals surface area contributed by atoms with Gasteiger partial charge in [-0.2, -0.15) is 0 Å². The van der Waals surface area contributed by atoms with Gasteiger partial charge in [0.2, 0.25) is 6.33 Å². The lowest BCUT2D eigenvalue weighted by Crippen LogP contribution is -2.23. The van der Waals surface area contributed by atoms with E-state index >= 15 is 0 Å². The van der Waals surface area contributed by atoms with E-state index in [9.17, 15) is 13.0 Å². The summed E-state index contributed by atoms with van der Waals surface area (Å²) in [7, 11) is -2.23. The van der Waals surface area contributed by atoms with E-state index in [1.807, 2.05) is 17.8 Å². The first kappa shape index (κ1) is 14.4. The van der Waals surface area contributed by atoms with E-state index in [4.69, 9.17) is 0 Å². The van der Waals surface area contributed by atoms with Crippen LogP contribution in [-0.4, -0.2) is 17.5 Å². The summed E-state index contributed by atoms with van der Waals surface area (Å²) >= 11 is 0. The zero-order valence-electron chi connectivity index (χ0n) is 10.4. The molecule has 18 heavy (non-hydrogen) atoms. The SMILES string of the molecule is CCn1cc[n+](C)c1.O=S(=O)([O-])c1ccccc1. The van der Waals surface area contributed by atoms with Crippen molar-refractivity contribution in [2.24, 2.45) is 7.05 Å². The van der Waals surface area contributed by atoms with Gasteiger partial charge in [-0.25, -0.2) is 17.6 Å². The first-order valence-corrected chi connectivity index (χ1v) is 6.86. The van der Waals surface area contributed by atoms with Crippen molar-refractivity contribution in [2.75, 3.05) is 0 Å². The van der Waals surface area contributed by atoms with Gasteiger partial charge in [0, 0.05) is 0 Å². The van der Waals surface area contributed by atoms with Crippen LogP contribution in [0.15, 0.2) is 53.9 Å². The summed E-state index contributed by atoms with van der Waals surface area (Å²) in [5.41, 5.74) is 0. The smallest absolute Gasteiger partial charge is 0.243 e. The van der Waals surface area contributed by atoms with Gasteiger partial charge in [-0.05, 0) is 19.1 Å². The molecule has 0 radical (unpaired) electrons. The molecule has 0 aliphatic rings. The van der Waals surface area contributed by atoms with E-state index in [0.29, 0.717) is 0 Å². The predicted molar refractivity (Wildman–Crippen MR) is 65.7 cm³/mol. The molecule has 0 saturated carbocycles. The first-order valence-electron chi connectivity index (χ1n) is 5.45.